The number of benzene rings is 2. The Kier molecular flexibility index (Phi) is 4.70. The van der Waals surface area contributed by atoms with Crippen LogP contribution in [-0.2, 0) is 9.53 Å². The van der Waals surface area contributed by atoms with Crippen LogP contribution in [-0.4, -0.2) is 26.8 Å². The maximum Gasteiger partial charge on any atom is 0.343 e. The average molecular weight is 340 g/mol. The molecular formula is C19H16O6. The van der Waals surface area contributed by atoms with E-state index in [2.05, 4.69) is 4.74 Å². The second-order valence-electron chi connectivity index (χ2n) is 5.23. The van der Waals surface area contributed by atoms with E-state index >= 15 is 0 Å². The zero-order chi connectivity index (χ0) is 17.8. The standard InChI is InChI=1S/C19H16O6/c1-22-13-5-3-12(4-6-13)16-10-25-17-9-14(24-11-18(20)23-2)7-8-15(17)19(16)21/h3-10H,11H2,1-2H3. The number of carbonyl (C=O) groups is 1. The van der Waals surface area contributed by atoms with Crippen molar-refractivity contribution in [1.82, 2.24) is 0 Å². The average Bonchev–Trinajstić information content (AvgIpc) is 2.66. The Morgan fingerprint density at radius 2 is 1.76 bits per heavy atom. The van der Waals surface area contributed by atoms with Gasteiger partial charge in [0.2, 0.25) is 0 Å². The Bertz CT molecular complexity index is 956. The topological polar surface area (TPSA) is 75.0 Å². The second-order valence-corrected chi connectivity index (χ2v) is 5.23. The molecule has 0 aliphatic carbocycles. The molecule has 0 radical (unpaired) electrons. The predicted molar refractivity (Wildman–Crippen MR) is 92.0 cm³/mol. The van der Waals surface area contributed by atoms with E-state index in [1.807, 2.05) is 0 Å². The van der Waals surface area contributed by atoms with Gasteiger partial charge < -0.3 is 18.6 Å². The fourth-order valence-corrected chi connectivity index (χ4v) is 2.37. The molecule has 0 saturated heterocycles. The molecular weight excluding hydrogens is 324 g/mol. The van der Waals surface area contributed by atoms with Gasteiger partial charge in [-0.05, 0) is 29.8 Å². The van der Waals surface area contributed by atoms with Gasteiger partial charge in [-0.2, -0.15) is 0 Å². The summed E-state index contributed by atoms with van der Waals surface area (Å²) in [7, 11) is 2.87. The monoisotopic (exact) mass is 340 g/mol. The van der Waals surface area contributed by atoms with E-state index in [9.17, 15) is 9.59 Å². The lowest BCUT2D eigenvalue weighted by atomic mass is 10.1. The minimum absolute atomic E-state index is 0.147. The van der Waals surface area contributed by atoms with E-state index in [1.54, 1.807) is 49.6 Å². The zero-order valence-electron chi connectivity index (χ0n) is 13.8. The first-order chi connectivity index (χ1) is 12.1. The summed E-state index contributed by atoms with van der Waals surface area (Å²) in [5.41, 5.74) is 1.43. The molecule has 0 bridgehead atoms. The van der Waals surface area contributed by atoms with Crippen molar-refractivity contribution in [2.45, 2.75) is 0 Å². The smallest absolute Gasteiger partial charge is 0.343 e. The first-order valence-electron chi connectivity index (χ1n) is 7.52. The first kappa shape index (κ1) is 16.6. The van der Waals surface area contributed by atoms with Crippen LogP contribution >= 0.6 is 0 Å². The molecule has 1 heterocycles. The number of ether oxygens (including phenoxy) is 3. The maximum absolute atomic E-state index is 12.7. The normalized spacial score (nSPS) is 10.5. The van der Waals surface area contributed by atoms with E-state index in [1.165, 1.54) is 13.4 Å². The lowest BCUT2D eigenvalue weighted by molar-refractivity contribution is -0.142. The van der Waals surface area contributed by atoms with Gasteiger partial charge in [0, 0.05) is 6.07 Å². The number of hydrogen-bond acceptors (Lipinski definition) is 6. The van der Waals surface area contributed by atoms with Crippen LogP contribution in [0.1, 0.15) is 0 Å². The van der Waals surface area contributed by atoms with Crippen LogP contribution in [0.2, 0.25) is 0 Å². The minimum atomic E-state index is -0.489. The van der Waals surface area contributed by atoms with Gasteiger partial charge in [0.1, 0.15) is 23.3 Å². The third-order valence-corrected chi connectivity index (χ3v) is 3.73. The van der Waals surface area contributed by atoms with Crippen molar-refractivity contribution >= 4 is 16.9 Å². The molecule has 2 aromatic carbocycles. The summed E-state index contributed by atoms with van der Waals surface area (Å²) in [6.07, 6.45) is 1.41. The summed E-state index contributed by atoms with van der Waals surface area (Å²) in [5, 5.41) is 0.429. The molecule has 0 fully saturated rings. The number of methoxy groups -OCH3 is 2. The fourth-order valence-electron chi connectivity index (χ4n) is 2.37. The van der Waals surface area contributed by atoms with Crippen molar-refractivity contribution in [3.63, 3.8) is 0 Å². The SMILES string of the molecule is COC(=O)COc1ccc2c(=O)c(-c3ccc(OC)cc3)coc2c1. The highest BCUT2D eigenvalue weighted by Crippen LogP contribution is 2.24. The molecule has 0 saturated carbocycles. The summed E-state index contributed by atoms with van der Waals surface area (Å²) in [6, 6.07) is 11.9. The van der Waals surface area contributed by atoms with Gasteiger partial charge in [0.05, 0.1) is 25.2 Å². The highest BCUT2D eigenvalue weighted by atomic mass is 16.6. The van der Waals surface area contributed by atoms with Crippen molar-refractivity contribution in [3.05, 3.63) is 59.0 Å². The molecule has 128 valence electrons. The van der Waals surface area contributed by atoms with Gasteiger partial charge in [-0.1, -0.05) is 12.1 Å². The Labute approximate surface area is 143 Å². The van der Waals surface area contributed by atoms with Gasteiger partial charge in [-0.25, -0.2) is 4.79 Å². The molecule has 6 nitrogen and oxygen atoms in total. The minimum Gasteiger partial charge on any atom is -0.497 e. The van der Waals surface area contributed by atoms with Crippen LogP contribution in [0.3, 0.4) is 0 Å². The molecule has 1 aromatic heterocycles. The summed E-state index contributed by atoms with van der Waals surface area (Å²) in [6.45, 7) is -0.212. The van der Waals surface area contributed by atoms with Crippen LogP contribution in [0, 0.1) is 0 Å². The van der Waals surface area contributed by atoms with Gasteiger partial charge >= 0.3 is 5.97 Å². The highest BCUT2D eigenvalue weighted by Gasteiger charge is 2.11. The Balaban J connectivity index is 1.94. The van der Waals surface area contributed by atoms with E-state index in [0.29, 0.717) is 28.0 Å². The lowest BCUT2D eigenvalue weighted by Crippen LogP contribution is -2.12. The van der Waals surface area contributed by atoms with E-state index in [0.717, 1.165) is 5.56 Å². The maximum atomic E-state index is 12.7. The number of carbonyl (C=O) groups excluding carboxylic acids is 1. The molecule has 0 aliphatic rings. The van der Waals surface area contributed by atoms with Gasteiger partial charge in [0.25, 0.3) is 0 Å². The van der Waals surface area contributed by atoms with Crippen molar-refractivity contribution in [2.24, 2.45) is 0 Å². The quantitative estimate of drug-likeness (QED) is 0.665. The molecule has 25 heavy (non-hydrogen) atoms. The van der Waals surface area contributed by atoms with Gasteiger partial charge in [0.15, 0.2) is 12.0 Å². The highest BCUT2D eigenvalue weighted by molar-refractivity contribution is 5.82. The van der Waals surface area contributed by atoms with Crippen molar-refractivity contribution in [2.75, 3.05) is 20.8 Å². The third-order valence-electron chi connectivity index (χ3n) is 3.73. The molecule has 0 aliphatic heterocycles. The van der Waals surface area contributed by atoms with Gasteiger partial charge in [-0.15, -0.1) is 0 Å². The molecule has 0 atom stereocenters. The van der Waals surface area contributed by atoms with E-state index < -0.39 is 5.97 Å². The van der Waals surface area contributed by atoms with Crippen molar-refractivity contribution in [3.8, 4) is 22.6 Å². The third kappa shape index (κ3) is 3.47. The molecule has 0 N–H and O–H groups in total. The number of hydrogen-bond donors (Lipinski definition) is 0. The van der Waals surface area contributed by atoms with Crippen LogP contribution in [0.15, 0.2) is 57.9 Å². The summed E-state index contributed by atoms with van der Waals surface area (Å²) < 4.78 is 20.5. The van der Waals surface area contributed by atoms with Crippen molar-refractivity contribution < 1.29 is 23.4 Å². The Morgan fingerprint density at radius 3 is 2.44 bits per heavy atom. The molecule has 3 aromatic rings. The van der Waals surface area contributed by atoms with Crippen LogP contribution in [0.25, 0.3) is 22.1 Å². The largest absolute Gasteiger partial charge is 0.497 e. The molecule has 0 unspecified atom stereocenters. The molecule has 0 amide bonds. The van der Waals surface area contributed by atoms with Crippen LogP contribution < -0.4 is 14.9 Å². The predicted octanol–water partition coefficient (Wildman–Crippen LogP) is 3.02. The Morgan fingerprint density at radius 1 is 1.04 bits per heavy atom. The lowest BCUT2D eigenvalue weighted by Gasteiger charge is -2.07. The van der Waals surface area contributed by atoms with Gasteiger partial charge in [-0.3, -0.25) is 4.79 Å². The fraction of sp³-hybridized carbons (Fsp3) is 0.158. The van der Waals surface area contributed by atoms with E-state index in [4.69, 9.17) is 13.9 Å². The van der Waals surface area contributed by atoms with E-state index in [-0.39, 0.29) is 12.0 Å². The van der Waals surface area contributed by atoms with Crippen LogP contribution in [0.4, 0.5) is 0 Å². The molecule has 0 spiro atoms. The number of fused-ring (bicyclic) bond motifs is 1. The molecule has 3 rings (SSSR count). The zero-order valence-corrected chi connectivity index (χ0v) is 13.8. The Hall–Kier alpha value is -3.28. The van der Waals surface area contributed by atoms with Crippen LogP contribution in [0.5, 0.6) is 11.5 Å². The number of rotatable bonds is 5. The summed E-state index contributed by atoms with van der Waals surface area (Å²) >= 11 is 0. The number of esters is 1. The first-order valence-corrected chi connectivity index (χ1v) is 7.52. The summed E-state index contributed by atoms with van der Waals surface area (Å²) in [4.78, 5) is 23.8. The summed E-state index contributed by atoms with van der Waals surface area (Å²) in [5.74, 6) is 0.635. The van der Waals surface area contributed by atoms with Crippen molar-refractivity contribution in [1.29, 1.82) is 0 Å². The second kappa shape index (κ2) is 7.09. The molecule has 6 heteroatoms.